The number of carbonyl (C=O) groups is 2. The van der Waals surface area contributed by atoms with Crippen LogP contribution in [0.15, 0.2) is 36.4 Å². The lowest BCUT2D eigenvalue weighted by molar-refractivity contribution is -0.129. The van der Waals surface area contributed by atoms with Crippen LogP contribution in [-0.4, -0.2) is 59.6 Å². The third-order valence-electron chi connectivity index (χ3n) is 5.27. The molecule has 140 valence electrons. The molecule has 0 radical (unpaired) electrons. The van der Waals surface area contributed by atoms with Gasteiger partial charge in [0.15, 0.2) is 11.5 Å². The second-order valence-corrected chi connectivity index (χ2v) is 6.96. The van der Waals surface area contributed by atoms with Crippen molar-refractivity contribution in [3.8, 4) is 0 Å². The fourth-order valence-corrected chi connectivity index (χ4v) is 3.74. The average Bonchev–Trinajstić information content (AvgIpc) is 2.73. The first-order valence-electron chi connectivity index (χ1n) is 9.37. The fraction of sp³-hybridized carbons (Fsp3) is 0.400. The summed E-state index contributed by atoms with van der Waals surface area (Å²) in [5.74, 6) is 0.736. The number of fused-ring (bicyclic) bond motifs is 1. The minimum Gasteiger partial charge on any atom is -0.352 e. The molecule has 3 heterocycles. The Bertz CT molecular complexity index is 844. The zero-order valence-corrected chi connectivity index (χ0v) is 15.5. The Morgan fingerprint density at radius 2 is 1.70 bits per heavy atom. The predicted molar refractivity (Wildman–Crippen MR) is 103 cm³/mol. The molecule has 1 aromatic carbocycles. The van der Waals surface area contributed by atoms with E-state index < -0.39 is 0 Å². The molecule has 0 atom stereocenters. The minimum atomic E-state index is -0.109. The van der Waals surface area contributed by atoms with E-state index in [0.717, 1.165) is 37.4 Å². The first-order chi connectivity index (χ1) is 13.1. The van der Waals surface area contributed by atoms with Crippen molar-refractivity contribution in [1.29, 1.82) is 0 Å². The number of para-hydroxylation sites is 1. The highest BCUT2D eigenvalue weighted by Gasteiger charge is 2.25. The first kappa shape index (κ1) is 17.5. The maximum absolute atomic E-state index is 12.9. The maximum Gasteiger partial charge on any atom is 0.278 e. The monoisotopic (exact) mass is 365 g/mol. The molecule has 0 N–H and O–H groups in total. The van der Waals surface area contributed by atoms with Gasteiger partial charge in [0, 0.05) is 45.3 Å². The van der Waals surface area contributed by atoms with Crippen LogP contribution in [0.25, 0.3) is 0 Å². The quantitative estimate of drug-likeness (QED) is 0.811. The van der Waals surface area contributed by atoms with Gasteiger partial charge in [-0.3, -0.25) is 9.59 Å². The van der Waals surface area contributed by atoms with E-state index in [9.17, 15) is 9.59 Å². The summed E-state index contributed by atoms with van der Waals surface area (Å²) in [6, 6.07) is 11.6. The van der Waals surface area contributed by atoms with E-state index in [-0.39, 0.29) is 11.8 Å². The molecule has 2 aliphatic heterocycles. The zero-order valence-electron chi connectivity index (χ0n) is 15.5. The summed E-state index contributed by atoms with van der Waals surface area (Å²) < 4.78 is 0. The van der Waals surface area contributed by atoms with Gasteiger partial charge in [-0.2, -0.15) is 0 Å². The lowest BCUT2D eigenvalue weighted by atomic mass is 10.0. The van der Waals surface area contributed by atoms with Gasteiger partial charge in [-0.25, -0.2) is 0 Å². The highest BCUT2D eigenvalue weighted by molar-refractivity contribution is 6.05. The predicted octanol–water partition coefficient (Wildman–Crippen LogP) is 1.74. The summed E-state index contributed by atoms with van der Waals surface area (Å²) in [6.07, 6.45) is 1.95. The number of benzene rings is 1. The zero-order chi connectivity index (χ0) is 18.8. The standard InChI is InChI=1S/C20H23N5O2/c1-15(26)23-11-13-24(14-12-23)19-9-8-17(21-22-19)20(27)25-10-4-6-16-5-2-3-7-18(16)25/h2-3,5,7-9H,4,6,10-14H2,1H3. The van der Waals surface area contributed by atoms with E-state index >= 15 is 0 Å². The van der Waals surface area contributed by atoms with Gasteiger partial charge >= 0.3 is 0 Å². The fourth-order valence-electron chi connectivity index (χ4n) is 3.74. The molecule has 0 unspecified atom stereocenters. The van der Waals surface area contributed by atoms with Gasteiger partial charge in [0.25, 0.3) is 5.91 Å². The van der Waals surface area contributed by atoms with E-state index in [1.54, 1.807) is 17.9 Å². The van der Waals surface area contributed by atoms with Crippen LogP contribution >= 0.6 is 0 Å². The van der Waals surface area contributed by atoms with E-state index in [4.69, 9.17) is 0 Å². The van der Waals surface area contributed by atoms with E-state index in [0.29, 0.717) is 25.3 Å². The number of aromatic nitrogens is 2. The summed E-state index contributed by atoms with van der Waals surface area (Å²) in [5.41, 5.74) is 2.53. The Morgan fingerprint density at radius 3 is 2.41 bits per heavy atom. The summed E-state index contributed by atoms with van der Waals surface area (Å²) in [4.78, 5) is 30.1. The van der Waals surface area contributed by atoms with Crippen molar-refractivity contribution in [2.45, 2.75) is 19.8 Å². The Balaban J connectivity index is 1.47. The maximum atomic E-state index is 12.9. The summed E-state index contributed by atoms with van der Waals surface area (Å²) in [6.45, 7) is 5.10. The molecule has 1 saturated heterocycles. The molecule has 7 heteroatoms. The number of rotatable bonds is 2. The lowest BCUT2D eigenvalue weighted by Crippen LogP contribution is -2.48. The van der Waals surface area contributed by atoms with Crippen LogP contribution in [0.3, 0.4) is 0 Å². The largest absolute Gasteiger partial charge is 0.352 e. The van der Waals surface area contributed by atoms with Gasteiger partial charge < -0.3 is 14.7 Å². The number of amides is 2. The van der Waals surface area contributed by atoms with Crippen molar-refractivity contribution >= 4 is 23.3 Å². The molecule has 2 amide bonds. The molecule has 27 heavy (non-hydrogen) atoms. The van der Waals surface area contributed by atoms with Gasteiger partial charge in [-0.1, -0.05) is 18.2 Å². The minimum absolute atomic E-state index is 0.100. The molecule has 0 bridgehead atoms. The highest BCUT2D eigenvalue weighted by Crippen LogP contribution is 2.27. The third kappa shape index (κ3) is 3.49. The van der Waals surface area contributed by atoms with Crippen LogP contribution in [0, 0.1) is 0 Å². The average molecular weight is 365 g/mol. The first-order valence-corrected chi connectivity index (χ1v) is 9.37. The van der Waals surface area contributed by atoms with Crippen molar-refractivity contribution in [1.82, 2.24) is 15.1 Å². The van der Waals surface area contributed by atoms with Gasteiger partial charge in [0.2, 0.25) is 5.91 Å². The Hall–Kier alpha value is -2.96. The molecule has 4 rings (SSSR count). The summed E-state index contributed by atoms with van der Waals surface area (Å²) in [5, 5.41) is 8.46. The van der Waals surface area contributed by atoms with Crippen molar-refractivity contribution in [3.63, 3.8) is 0 Å². The molecule has 7 nitrogen and oxygen atoms in total. The second kappa shape index (κ2) is 7.34. The topological polar surface area (TPSA) is 69.6 Å². The molecule has 2 aliphatic rings. The third-order valence-corrected chi connectivity index (χ3v) is 5.27. The van der Waals surface area contributed by atoms with E-state index in [1.807, 2.05) is 29.2 Å². The van der Waals surface area contributed by atoms with Crippen LogP contribution in [0.4, 0.5) is 11.5 Å². The molecule has 2 aromatic rings. The molecule has 1 fully saturated rings. The number of hydrogen-bond acceptors (Lipinski definition) is 5. The smallest absolute Gasteiger partial charge is 0.278 e. The van der Waals surface area contributed by atoms with Crippen LogP contribution < -0.4 is 9.80 Å². The van der Waals surface area contributed by atoms with Crippen molar-refractivity contribution in [2.75, 3.05) is 42.5 Å². The van der Waals surface area contributed by atoms with Crippen LogP contribution in [0.2, 0.25) is 0 Å². The Kier molecular flexibility index (Phi) is 4.75. The van der Waals surface area contributed by atoms with Crippen molar-refractivity contribution in [3.05, 3.63) is 47.7 Å². The van der Waals surface area contributed by atoms with Crippen molar-refractivity contribution in [2.24, 2.45) is 0 Å². The Morgan fingerprint density at radius 1 is 0.926 bits per heavy atom. The number of nitrogens with zero attached hydrogens (tertiary/aromatic N) is 5. The molecule has 0 saturated carbocycles. The van der Waals surface area contributed by atoms with Gasteiger partial charge in [0.1, 0.15) is 0 Å². The molecular weight excluding hydrogens is 342 g/mol. The number of anilines is 2. The number of carbonyl (C=O) groups excluding carboxylic acids is 2. The summed E-state index contributed by atoms with van der Waals surface area (Å²) in [7, 11) is 0. The van der Waals surface area contributed by atoms with Crippen LogP contribution in [0.5, 0.6) is 0 Å². The van der Waals surface area contributed by atoms with Crippen molar-refractivity contribution < 1.29 is 9.59 Å². The number of hydrogen-bond donors (Lipinski definition) is 0. The summed E-state index contributed by atoms with van der Waals surface area (Å²) >= 11 is 0. The number of piperazine rings is 1. The Labute approximate surface area is 158 Å². The van der Waals surface area contributed by atoms with E-state index in [2.05, 4.69) is 21.2 Å². The molecule has 0 aliphatic carbocycles. The molecule has 0 spiro atoms. The van der Waals surface area contributed by atoms with E-state index in [1.165, 1.54) is 5.56 Å². The van der Waals surface area contributed by atoms with Gasteiger partial charge in [0.05, 0.1) is 0 Å². The van der Waals surface area contributed by atoms with Crippen LogP contribution in [0.1, 0.15) is 29.4 Å². The lowest BCUT2D eigenvalue weighted by Gasteiger charge is -2.34. The molecular formula is C20H23N5O2. The van der Waals surface area contributed by atoms with Gasteiger partial charge in [-0.15, -0.1) is 10.2 Å². The van der Waals surface area contributed by atoms with Gasteiger partial charge in [-0.05, 0) is 36.6 Å². The van der Waals surface area contributed by atoms with Crippen LogP contribution in [-0.2, 0) is 11.2 Å². The SMILES string of the molecule is CC(=O)N1CCN(c2ccc(C(=O)N3CCCc4ccccc43)nn2)CC1. The second-order valence-electron chi connectivity index (χ2n) is 6.96. The highest BCUT2D eigenvalue weighted by atomic mass is 16.2. The normalized spacial score (nSPS) is 16.9. The molecule has 1 aromatic heterocycles. The number of aryl methyl sites for hydroxylation is 1.